The molecule has 2 rings (SSSR count). The lowest BCUT2D eigenvalue weighted by Crippen LogP contribution is -2.37. The Morgan fingerprint density at radius 3 is 3.00 bits per heavy atom. The van der Waals surface area contributed by atoms with E-state index in [9.17, 15) is 4.79 Å². The van der Waals surface area contributed by atoms with Gasteiger partial charge in [0.1, 0.15) is 12.6 Å². The summed E-state index contributed by atoms with van der Waals surface area (Å²) in [6.45, 7) is 2.05. The molecular weight excluding hydrogens is 252 g/mol. The molecule has 1 unspecified atom stereocenters. The molecule has 0 bridgehead atoms. The summed E-state index contributed by atoms with van der Waals surface area (Å²) >= 11 is 1.43. The average molecular weight is 266 g/mol. The summed E-state index contributed by atoms with van der Waals surface area (Å²) in [5.74, 6) is -0.493. The van der Waals surface area contributed by atoms with Crippen molar-refractivity contribution in [3.8, 4) is 5.19 Å². The number of thiazole rings is 1. The normalized spacial score (nSPS) is 12.4. The van der Waals surface area contributed by atoms with E-state index in [1.807, 2.05) is 25.1 Å². The highest BCUT2D eigenvalue weighted by Gasteiger charge is 2.15. The van der Waals surface area contributed by atoms with Gasteiger partial charge in [0.15, 0.2) is 0 Å². The molecule has 0 aliphatic heterocycles. The van der Waals surface area contributed by atoms with Gasteiger partial charge in [-0.05, 0) is 18.6 Å². The van der Waals surface area contributed by atoms with Crippen LogP contribution in [0.2, 0.25) is 0 Å². The molecular formula is C12H14N2O3S. The van der Waals surface area contributed by atoms with Crippen molar-refractivity contribution in [1.29, 1.82) is 0 Å². The third kappa shape index (κ3) is 2.60. The lowest BCUT2D eigenvalue weighted by Gasteiger charge is -2.08. The smallest absolute Gasteiger partial charge is 0.326 e. The van der Waals surface area contributed by atoms with Gasteiger partial charge in [-0.2, -0.15) is 0 Å². The summed E-state index contributed by atoms with van der Waals surface area (Å²) in [5.41, 5.74) is 7.59. The molecule has 0 fully saturated rings. The van der Waals surface area contributed by atoms with E-state index in [1.54, 1.807) is 0 Å². The summed E-state index contributed by atoms with van der Waals surface area (Å²) in [5, 5.41) is 0.513. The van der Waals surface area contributed by atoms with Crippen molar-refractivity contribution >= 4 is 27.5 Å². The van der Waals surface area contributed by atoms with Gasteiger partial charge in [0.05, 0.1) is 17.3 Å². The Bertz CT molecular complexity index is 567. The number of aryl methyl sites for hydroxylation is 1. The Kier molecular flexibility index (Phi) is 3.78. The molecule has 6 heteroatoms. The second-order valence-electron chi connectivity index (χ2n) is 3.84. The van der Waals surface area contributed by atoms with Crippen molar-refractivity contribution in [2.75, 3.05) is 13.7 Å². The number of ether oxygens (including phenoxy) is 2. The van der Waals surface area contributed by atoms with Crippen molar-refractivity contribution in [1.82, 2.24) is 4.98 Å². The van der Waals surface area contributed by atoms with Gasteiger partial charge in [-0.25, -0.2) is 4.98 Å². The monoisotopic (exact) mass is 266 g/mol. The maximum Gasteiger partial charge on any atom is 0.326 e. The summed E-state index contributed by atoms with van der Waals surface area (Å²) in [6.07, 6.45) is 0. The molecule has 96 valence electrons. The van der Waals surface area contributed by atoms with Crippen LogP contribution in [0.4, 0.5) is 0 Å². The largest absolute Gasteiger partial charge is 0.468 e. The molecule has 0 radical (unpaired) electrons. The summed E-state index contributed by atoms with van der Waals surface area (Å²) in [4.78, 5) is 15.5. The van der Waals surface area contributed by atoms with Crippen molar-refractivity contribution < 1.29 is 14.3 Å². The molecule has 1 aromatic heterocycles. The van der Waals surface area contributed by atoms with Crippen LogP contribution in [-0.2, 0) is 9.53 Å². The molecule has 2 aromatic rings. The average Bonchev–Trinajstić information content (AvgIpc) is 2.79. The fourth-order valence-electron chi connectivity index (χ4n) is 1.51. The minimum Gasteiger partial charge on any atom is -0.468 e. The van der Waals surface area contributed by atoms with Gasteiger partial charge < -0.3 is 15.2 Å². The maximum atomic E-state index is 11.1. The van der Waals surface area contributed by atoms with E-state index < -0.39 is 12.0 Å². The van der Waals surface area contributed by atoms with Crippen LogP contribution in [-0.4, -0.2) is 30.7 Å². The minimum absolute atomic E-state index is 0.0611. The second-order valence-corrected chi connectivity index (χ2v) is 4.84. The number of carbonyl (C=O) groups excluding carboxylic acids is 1. The predicted octanol–water partition coefficient (Wildman–Crippen LogP) is 1.48. The van der Waals surface area contributed by atoms with Gasteiger partial charge in [-0.15, -0.1) is 0 Å². The third-order valence-corrected chi connectivity index (χ3v) is 3.42. The van der Waals surface area contributed by atoms with Crippen LogP contribution < -0.4 is 10.5 Å². The van der Waals surface area contributed by atoms with E-state index >= 15 is 0 Å². The minimum atomic E-state index is -0.789. The Morgan fingerprint density at radius 1 is 1.56 bits per heavy atom. The first kappa shape index (κ1) is 12.8. The first-order chi connectivity index (χ1) is 8.61. The number of hydrogen-bond donors (Lipinski definition) is 1. The highest BCUT2D eigenvalue weighted by molar-refractivity contribution is 7.20. The quantitative estimate of drug-likeness (QED) is 0.848. The van der Waals surface area contributed by atoms with Crippen LogP contribution in [0.3, 0.4) is 0 Å². The number of fused-ring (bicyclic) bond motifs is 1. The molecule has 0 spiro atoms. The van der Waals surface area contributed by atoms with Crippen LogP contribution >= 0.6 is 11.3 Å². The van der Waals surface area contributed by atoms with Gasteiger partial charge in [0.25, 0.3) is 5.19 Å². The number of hydrogen-bond acceptors (Lipinski definition) is 6. The number of benzene rings is 1. The van der Waals surface area contributed by atoms with Gasteiger partial charge >= 0.3 is 5.97 Å². The zero-order chi connectivity index (χ0) is 13.1. The number of nitrogens with zero attached hydrogens (tertiary/aromatic N) is 1. The van der Waals surface area contributed by atoms with E-state index in [0.717, 1.165) is 15.8 Å². The highest BCUT2D eigenvalue weighted by atomic mass is 32.1. The summed E-state index contributed by atoms with van der Waals surface area (Å²) in [6, 6.07) is 5.15. The fourth-order valence-corrected chi connectivity index (χ4v) is 2.41. The Morgan fingerprint density at radius 2 is 2.33 bits per heavy atom. The molecule has 18 heavy (non-hydrogen) atoms. The van der Waals surface area contributed by atoms with Crippen molar-refractivity contribution in [2.45, 2.75) is 13.0 Å². The van der Waals surface area contributed by atoms with Crippen LogP contribution in [0.5, 0.6) is 5.19 Å². The second kappa shape index (κ2) is 5.32. The molecule has 0 saturated heterocycles. The van der Waals surface area contributed by atoms with E-state index in [1.165, 1.54) is 18.4 Å². The van der Waals surface area contributed by atoms with Crippen molar-refractivity contribution in [3.05, 3.63) is 23.8 Å². The van der Waals surface area contributed by atoms with E-state index in [0.29, 0.717) is 5.19 Å². The molecule has 1 aromatic carbocycles. The molecule has 0 saturated carbocycles. The van der Waals surface area contributed by atoms with Gasteiger partial charge in [0.2, 0.25) is 0 Å². The van der Waals surface area contributed by atoms with Gasteiger partial charge in [0, 0.05) is 0 Å². The van der Waals surface area contributed by atoms with Gasteiger partial charge in [-0.1, -0.05) is 23.5 Å². The van der Waals surface area contributed by atoms with Crippen LogP contribution in [0.15, 0.2) is 18.2 Å². The molecule has 2 N–H and O–H groups in total. The molecule has 1 heterocycles. The Labute approximate surface area is 109 Å². The van der Waals surface area contributed by atoms with E-state index in [2.05, 4.69) is 9.72 Å². The number of carbonyl (C=O) groups is 1. The SMILES string of the molecule is COC(=O)C(N)COc1nc2c(C)cccc2s1. The van der Waals surface area contributed by atoms with Gasteiger partial charge in [-0.3, -0.25) is 4.79 Å². The number of nitrogens with two attached hydrogens (primary N) is 1. The van der Waals surface area contributed by atoms with E-state index in [4.69, 9.17) is 10.5 Å². The van der Waals surface area contributed by atoms with E-state index in [-0.39, 0.29) is 6.61 Å². The topological polar surface area (TPSA) is 74.4 Å². The predicted molar refractivity (Wildman–Crippen MR) is 69.8 cm³/mol. The Balaban J connectivity index is 2.09. The third-order valence-electron chi connectivity index (χ3n) is 2.49. The van der Waals surface area contributed by atoms with Crippen LogP contribution in [0.1, 0.15) is 5.56 Å². The fraction of sp³-hybridized carbons (Fsp3) is 0.333. The standard InChI is InChI=1S/C12H14N2O3S/c1-7-4-3-5-9-10(7)14-12(18-9)17-6-8(13)11(15)16-2/h3-5,8H,6,13H2,1-2H3. The molecule has 0 amide bonds. The molecule has 1 atom stereocenters. The molecule has 0 aliphatic carbocycles. The summed E-state index contributed by atoms with van der Waals surface area (Å²) in [7, 11) is 1.29. The van der Waals surface area contributed by atoms with Crippen LogP contribution in [0, 0.1) is 6.92 Å². The van der Waals surface area contributed by atoms with Crippen LogP contribution in [0.25, 0.3) is 10.2 Å². The first-order valence-electron chi connectivity index (χ1n) is 5.44. The summed E-state index contributed by atoms with van der Waals surface area (Å²) < 4.78 is 11.0. The molecule has 5 nitrogen and oxygen atoms in total. The number of para-hydroxylation sites is 1. The first-order valence-corrected chi connectivity index (χ1v) is 6.26. The lowest BCUT2D eigenvalue weighted by atomic mass is 10.2. The number of aromatic nitrogens is 1. The molecule has 0 aliphatic rings. The number of methoxy groups -OCH3 is 1. The Hall–Kier alpha value is -1.66. The maximum absolute atomic E-state index is 11.1. The lowest BCUT2D eigenvalue weighted by molar-refractivity contribution is -0.142. The number of esters is 1. The number of rotatable bonds is 4. The zero-order valence-corrected chi connectivity index (χ0v) is 11.0. The van der Waals surface area contributed by atoms with Crippen molar-refractivity contribution in [3.63, 3.8) is 0 Å². The zero-order valence-electron chi connectivity index (χ0n) is 10.2. The van der Waals surface area contributed by atoms with Crippen molar-refractivity contribution in [2.24, 2.45) is 5.73 Å². The highest BCUT2D eigenvalue weighted by Crippen LogP contribution is 2.29.